The van der Waals surface area contributed by atoms with Crippen LogP contribution in [0, 0.1) is 0 Å². The van der Waals surface area contributed by atoms with Gasteiger partial charge in [-0.25, -0.2) is 0 Å². The van der Waals surface area contributed by atoms with Crippen LogP contribution >= 0.6 is 11.3 Å². The molecule has 5 heteroatoms. The van der Waals surface area contributed by atoms with Gasteiger partial charge in [0.15, 0.2) is 0 Å². The summed E-state index contributed by atoms with van der Waals surface area (Å²) in [5.41, 5.74) is 6.87. The second kappa shape index (κ2) is 9.49. The lowest BCUT2D eigenvalue weighted by atomic mass is 9.35. The van der Waals surface area contributed by atoms with Gasteiger partial charge in [-0.3, -0.25) is 0 Å². The number of hydrogen-bond acceptors (Lipinski definition) is 4. The fourth-order valence-electron chi connectivity index (χ4n) is 7.11. The van der Waals surface area contributed by atoms with Crippen molar-refractivity contribution in [1.29, 1.82) is 0 Å². The van der Waals surface area contributed by atoms with Gasteiger partial charge in [-0.2, -0.15) is 0 Å². The summed E-state index contributed by atoms with van der Waals surface area (Å²) in [5, 5.41) is 4.92. The molecule has 10 rings (SSSR count). The van der Waals surface area contributed by atoms with E-state index in [0.29, 0.717) is 0 Å². The Morgan fingerprint density at radius 1 is 0.444 bits per heavy atom. The van der Waals surface area contributed by atoms with Crippen molar-refractivity contribution in [3.05, 3.63) is 146 Å². The van der Waals surface area contributed by atoms with Crippen molar-refractivity contribution in [3.8, 4) is 23.0 Å². The number of anilines is 3. The van der Waals surface area contributed by atoms with Gasteiger partial charge in [0.05, 0.1) is 0 Å². The Kier molecular flexibility index (Phi) is 5.25. The number of rotatable bonds is 3. The van der Waals surface area contributed by atoms with Crippen molar-refractivity contribution in [3.63, 3.8) is 0 Å². The maximum atomic E-state index is 6.59. The second-order valence-electron chi connectivity index (χ2n) is 11.7. The van der Waals surface area contributed by atoms with Crippen molar-refractivity contribution in [2.24, 2.45) is 0 Å². The van der Waals surface area contributed by atoms with Gasteiger partial charge in [0.1, 0.15) is 23.0 Å². The Balaban J connectivity index is 1.15. The van der Waals surface area contributed by atoms with E-state index in [2.05, 4.69) is 132 Å². The first-order chi connectivity index (χ1) is 22.3. The molecule has 0 spiro atoms. The molecule has 0 bridgehead atoms. The van der Waals surface area contributed by atoms with Crippen LogP contribution in [-0.2, 0) is 0 Å². The molecule has 2 aliphatic heterocycles. The lowest BCUT2D eigenvalue weighted by Gasteiger charge is -2.32. The van der Waals surface area contributed by atoms with E-state index in [1.165, 1.54) is 41.9 Å². The van der Waals surface area contributed by atoms with Gasteiger partial charge in [-0.1, -0.05) is 78.9 Å². The van der Waals surface area contributed by atoms with Gasteiger partial charge in [0.2, 0.25) is 0 Å². The zero-order valence-corrected chi connectivity index (χ0v) is 24.9. The van der Waals surface area contributed by atoms with E-state index in [4.69, 9.17) is 9.47 Å². The molecule has 0 fully saturated rings. The van der Waals surface area contributed by atoms with E-state index in [0.717, 1.165) is 45.5 Å². The summed E-state index contributed by atoms with van der Waals surface area (Å²) in [5.74, 6) is 3.57. The summed E-state index contributed by atoms with van der Waals surface area (Å²) >= 11 is 1.84. The fraction of sp³-hybridized carbons (Fsp3) is 0. The third-order valence-electron chi connectivity index (χ3n) is 9.15. The maximum Gasteiger partial charge on any atom is 0.260 e. The van der Waals surface area contributed by atoms with Crippen LogP contribution in [0.1, 0.15) is 0 Å². The molecule has 1 aromatic heterocycles. The molecule has 0 saturated heterocycles. The normalized spacial score (nSPS) is 12.8. The van der Waals surface area contributed by atoms with Crippen LogP contribution in [0.25, 0.3) is 30.9 Å². The van der Waals surface area contributed by atoms with Crippen LogP contribution in [-0.4, -0.2) is 6.71 Å². The lowest BCUT2D eigenvalue weighted by Crippen LogP contribution is -2.57. The SMILES string of the molecule is c1ccc(N(c2ccc3ccccc3c2)c2ccc3c(c2)sc2cc4c(cc23)Oc2cccc3c2B4c2ccccc2O3)cc1. The summed E-state index contributed by atoms with van der Waals surface area (Å²) in [6, 6.07) is 51.8. The van der Waals surface area contributed by atoms with E-state index < -0.39 is 0 Å². The Morgan fingerprint density at radius 2 is 1.13 bits per heavy atom. The monoisotopic (exact) mass is 593 g/mol. The molecule has 210 valence electrons. The first-order valence-electron chi connectivity index (χ1n) is 15.2. The first-order valence-corrected chi connectivity index (χ1v) is 16.0. The number of benzene rings is 7. The molecule has 3 heterocycles. The zero-order valence-electron chi connectivity index (χ0n) is 24.1. The van der Waals surface area contributed by atoms with E-state index in [9.17, 15) is 0 Å². The van der Waals surface area contributed by atoms with Crippen molar-refractivity contribution in [2.75, 3.05) is 4.90 Å². The van der Waals surface area contributed by atoms with Gasteiger partial charge >= 0.3 is 0 Å². The molecule has 0 atom stereocenters. The predicted molar refractivity (Wildman–Crippen MR) is 189 cm³/mol. The highest BCUT2D eigenvalue weighted by atomic mass is 32.1. The summed E-state index contributed by atoms with van der Waals surface area (Å²) < 4.78 is 15.4. The molecule has 8 aromatic rings. The molecule has 0 radical (unpaired) electrons. The van der Waals surface area contributed by atoms with Crippen molar-refractivity contribution < 1.29 is 9.47 Å². The number of hydrogen-bond donors (Lipinski definition) is 0. The van der Waals surface area contributed by atoms with Crippen molar-refractivity contribution in [2.45, 2.75) is 0 Å². The molecule has 3 nitrogen and oxygen atoms in total. The average molecular weight is 594 g/mol. The van der Waals surface area contributed by atoms with E-state index in [1.807, 2.05) is 29.5 Å². The highest BCUT2D eigenvalue weighted by molar-refractivity contribution is 7.26. The lowest BCUT2D eigenvalue weighted by molar-refractivity contribution is 0.465. The average Bonchev–Trinajstić information content (AvgIpc) is 3.44. The Hall–Kier alpha value is -5.52. The van der Waals surface area contributed by atoms with Crippen LogP contribution in [0.5, 0.6) is 23.0 Å². The van der Waals surface area contributed by atoms with Gasteiger partial charge in [0.25, 0.3) is 6.71 Å². The summed E-state index contributed by atoms with van der Waals surface area (Å²) in [4.78, 5) is 2.35. The minimum Gasteiger partial charge on any atom is -0.458 e. The standard InChI is InChI=1S/C40H24BNO2S/c1-2-11-27(12-3-1)42(28-18-17-25-9-4-5-10-26(25)21-28)29-19-20-30-31-23-37-33(24-39(31)45-38(30)22-29)41-32-13-6-7-14-34(32)43-35-15-8-16-36(44-37)40(35)41/h1-24H. The van der Waals surface area contributed by atoms with Crippen LogP contribution in [0.2, 0.25) is 0 Å². The minimum atomic E-state index is 0.0662. The topological polar surface area (TPSA) is 21.7 Å². The highest BCUT2D eigenvalue weighted by Crippen LogP contribution is 2.43. The summed E-state index contributed by atoms with van der Waals surface area (Å²) in [7, 11) is 0. The minimum absolute atomic E-state index is 0.0662. The molecule has 0 N–H and O–H groups in total. The molecule has 0 saturated carbocycles. The Morgan fingerprint density at radius 3 is 2.02 bits per heavy atom. The van der Waals surface area contributed by atoms with Crippen LogP contribution in [0.3, 0.4) is 0 Å². The Labute approximate surface area is 264 Å². The third-order valence-corrected chi connectivity index (χ3v) is 10.3. The van der Waals surface area contributed by atoms with Crippen LogP contribution in [0.15, 0.2) is 146 Å². The molecule has 0 amide bonds. The Bertz CT molecular complexity index is 2470. The fourth-order valence-corrected chi connectivity index (χ4v) is 8.28. The highest BCUT2D eigenvalue weighted by Gasteiger charge is 2.40. The molecule has 45 heavy (non-hydrogen) atoms. The number of para-hydroxylation sites is 2. The third kappa shape index (κ3) is 3.78. The molecule has 0 unspecified atom stereocenters. The van der Waals surface area contributed by atoms with E-state index in [1.54, 1.807) is 0 Å². The number of fused-ring (bicyclic) bond motifs is 8. The van der Waals surface area contributed by atoms with Crippen LogP contribution < -0.4 is 30.8 Å². The van der Waals surface area contributed by atoms with Gasteiger partial charge < -0.3 is 14.4 Å². The number of thiophene rings is 1. The van der Waals surface area contributed by atoms with Crippen molar-refractivity contribution >= 4 is 82.4 Å². The quantitative estimate of drug-likeness (QED) is 0.191. The molecule has 7 aromatic carbocycles. The van der Waals surface area contributed by atoms with Gasteiger partial charge in [0, 0.05) is 42.7 Å². The van der Waals surface area contributed by atoms with E-state index >= 15 is 0 Å². The predicted octanol–water partition coefficient (Wildman–Crippen LogP) is 9.41. The molecular weight excluding hydrogens is 569 g/mol. The van der Waals surface area contributed by atoms with Crippen LogP contribution in [0.4, 0.5) is 17.1 Å². The summed E-state index contributed by atoms with van der Waals surface area (Å²) in [6.07, 6.45) is 0. The second-order valence-corrected chi connectivity index (χ2v) is 12.8. The summed E-state index contributed by atoms with van der Waals surface area (Å²) in [6.45, 7) is 0.0662. The number of ether oxygens (including phenoxy) is 2. The zero-order chi connectivity index (χ0) is 29.5. The van der Waals surface area contributed by atoms with Gasteiger partial charge in [-0.15, -0.1) is 11.3 Å². The smallest absolute Gasteiger partial charge is 0.260 e. The van der Waals surface area contributed by atoms with E-state index in [-0.39, 0.29) is 6.71 Å². The van der Waals surface area contributed by atoms with Gasteiger partial charge in [-0.05, 0) is 88.4 Å². The molecule has 0 aliphatic carbocycles. The molecular formula is C40H24BNO2S. The largest absolute Gasteiger partial charge is 0.458 e. The number of nitrogens with zero attached hydrogens (tertiary/aromatic N) is 1. The first kappa shape index (κ1) is 24.9. The van der Waals surface area contributed by atoms with Crippen molar-refractivity contribution in [1.82, 2.24) is 0 Å². The molecule has 2 aliphatic rings. The maximum absolute atomic E-state index is 6.59.